The van der Waals surface area contributed by atoms with E-state index in [0.717, 1.165) is 16.9 Å². The number of anilines is 3. The predicted octanol–water partition coefficient (Wildman–Crippen LogP) is 4.41. The normalized spacial score (nSPS) is 10.2. The number of hydrogen-bond acceptors (Lipinski definition) is 6. The first-order valence-corrected chi connectivity index (χ1v) is 8.95. The van der Waals surface area contributed by atoms with Gasteiger partial charge in [0.25, 0.3) is 5.91 Å². The average molecular weight is 393 g/mol. The molecule has 2 N–H and O–H groups in total. The van der Waals surface area contributed by atoms with E-state index in [1.165, 1.54) is 0 Å². The molecule has 3 aromatic rings. The Hall–Kier alpha value is -3.74. The molecule has 1 heterocycles. The van der Waals surface area contributed by atoms with Crippen molar-refractivity contribution in [3.05, 3.63) is 66.0 Å². The smallest absolute Gasteiger partial charge is 0.274 e. The molecule has 0 spiro atoms. The lowest BCUT2D eigenvalue weighted by Crippen LogP contribution is -2.14. The van der Waals surface area contributed by atoms with Crippen molar-refractivity contribution in [1.29, 1.82) is 0 Å². The third-order valence-electron chi connectivity index (χ3n) is 4.27. The Kier molecular flexibility index (Phi) is 6.19. The number of hydrogen-bond donors (Lipinski definition) is 2. The van der Waals surface area contributed by atoms with Crippen LogP contribution < -0.4 is 24.8 Å². The van der Waals surface area contributed by atoms with Gasteiger partial charge < -0.3 is 24.8 Å². The van der Waals surface area contributed by atoms with Crippen molar-refractivity contribution in [3.8, 4) is 17.2 Å². The van der Waals surface area contributed by atoms with Crippen LogP contribution >= 0.6 is 0 Å². The molecule has 1 amide bonds. The highest BCUT2D eigenvalue weighted by Gasteiger charge is 2.12. The van der Waals surface area contributed by atoms with Gasteiger partial charge in [0.05, 0.1) is 38.9 Å². The van der Waals surface area contributed by atoms with E-state index in [2.05, 4.69) is 15.6 Å². The second-order valence-corrected chi connectivity index (χ2v) is 6.28. The Bertz CT molecular complexity index is 1000. The highest BCUT2D eigenvalue weighted by atomic mass is 16.5. The van der Waals surface area contributed by atoms with Crippen LogP contribution in [0.25, 0.3) is 0 Å². The number of aryl methyl sites for hydroxylation is 1. The lowest BCUT2D eigenvalue weighted by atomic mass is 10.2. The molecule has 29 heavy (non-hydrogen) atoms. The summed E-state index contributed by atoms with van der Waals surface area (Å²) in [5.74, 6) is 1.55. The number of benzene rings is 2. The van der Waals surface area contributed by atoms with Gasteiger partial charge in [-0.25, -0.2) is 4.98 Å². The fourth-order valence-corrected chi connectivity index (χ4v) is 2.79. The lowest BCUT2D eigenvalue weighted by molar-refractivity contribution is 0.102. The number of rotatable bonds is 7. The summed E-state index contributed by atoms with van der Waals surface area (Å²) in [5, 5.41) is 6.06. The zero-order valence-corrected chi connectivity index (χ0v) is 16.8. The summed E-state index contributed by atoms with van der Waals surface area (Å²) in [7, 11) is 4.73. The number of carbonyl (C=O) groups is 1. The number of methoxy groups -OCH3 is 3. The molecule has 7 nitrogen and oxygen atoms in total. The van der Waals surface area contributed by atoms with Gasteiger partial charge in [0, 0.05) is 11.8 Å². The topological polar surface area (TPSA) is 81.7 Å². The summed E-state index contributed by atoms with van der Waals surface area (Å²) in [6.07, 6.45) is 1.60. The van der Waals surface area contributed by atoms with E-state index in [1.807, 2.05) is 43.3 Å². The molecule has 2 aromatic carbocycles. The third-order valence-corrected chi connectivity index (χ3v) is 4.27. The van der Waals surface area contributed by atoms with Crippen molar-refractivity contribution in [1.82, 2.24) is 4.98 Å². The largest absolute Gasteiger partial charge is 0.495 e. The van der Waals surface area contributed by atoms with Crippen LogP contribution in [0.15, 0.2) is 54.7 Å². The highest BCUT2D eigenvalue weighted by Crippen LogP contribution is 2.31. The molecule has 0 aliphatic carbocycles. The molecule has 1 aromatic heterocycles. The first-order valence-electron chi connectivity index (χ1n) is 8.95. The van der Waals surface area contributed by atoms with Gasteiger partial charge in [-0.3, -0.25) is 4.79 Å². The number of carbonyl (C=O) groups excluding carboxylic acids is 1. The Morgan fingerprint density at radius 1 is 0.828 bits per heavy atom. The quantitative estimate of drug-likeness (QED) is 0.619. The summed E-state index contributed by atoms with van der Waals surface area (Å²) in [4.78, 5) is 16.8. The molecule has 0 aliphatic heterocycles. The third kappa shape index (κ3) is 4.76. The van der Waals surface area contributed by atoms with E-state index in [9.17, 15) is 4.79 Å². The number of ether oxygens (including phenoxy) is 3. The summed E-state index contributed by atoms with van der Waals surface area (Å²) >= 11 is 0. The summed E-state index contributed by atoms with van der Waals surface area (Å²) < 4.78 is 15.8. The molecule has 0 saturated heterocycles. The molecule has 7 heteroatoms. The Morgan fingerprint density at radius 3 is 2.17 bits per heavy atom. The molecule has 0 radical (unpaired) electrons. The van der Waals surface area contributed by atoms with Crippen LogP contribution in [0, 0.1) is 6.92 Å². The minimum absolute atomic E-state index is 0.298. The number of nitrogens with zero attached hydrogens (tertiary/aromatic N) is 1. The van der Waals surface area contributed by atoms with Crippen molar-refractivity contribution in [2.75, 3.05) is 32.0 Å². The van der Waals surface area contributed by atoms with E-state index < -0.39 is 0 Å². The number of pyridine rings is 1. The Labute approximate surface area is 169 Å². The van der Waals surface area contributed by atoms with Gasteiger partial charge in [-0.15, -0.1) is 0 Å². The van der Waals surface area contributed by atoms with E-state index in [1.54, 1.807) is 39.7 Å². The van der Waals surface area contributed by atoms with Crippen LogP contribution in [0.3, 0.4) is 0 Å². The zero-order chi connectivity index (χ0) is 20.8. The van der Waals surface area contributed by atoms with Crippen molar-refractivity contribution in [2.45, 2.75) is 6.92 Å². The van der Waals surface area contributed by atoms with E-state index in [0.29, 0.717) is 28.6 Å². The zero-order valence-electron chi connectivity index (χ0n) is 16.8. The second-order valence-electron chi connectivity index (χ2n) is 6.28. The van der Waals surface area contributed by atoms with Crippen molar-refractivity contribution < 1.29 is 19.0 Å². The SMILES string of the molecule is COc1ccc(C)cc1NC(=O)c1ccc(Nc2ccc(OC)c(OC)c2)cn1. The van der Waals surface area contributed by atoms with Gasteiger partial charge in [0.2, 0.25) is 0 Å². The van der Waals surface area contributed by atoms with E-state index in [-0.39, 0.29) is 5.91 Å². The maximum absolute atomic E-state index is 12.5. The van der Waals surface area contributed by atoms with Crippen molar-refractivity contribution >= 4 is 23.0 Å². The fourth-order valence-electron chi connectivity index (χ4n) is 2.79. The van der Waals surface area contributed by atoms with Crippen LogP contribution in [0.4, 0.5) is 17.1 Å². The van der Waals surface area contributed by atoms with Gasteiger partial charge in [0.15, 0.2) is 11.5 Å². The van der Waals surface area contributed by atoms with Gasteiger partial charge >= 0.3 is 0 Å². The van der Waals surface area contributed by atoms with Crippen LogP contribution in [-0.2, 0) is 0 Å². The second kappa shape index (κ2) is 8.97. The van der Waals surface area contributed by atoms with Crippen molar-refractivity contribution in [3.63, 3.8) is 0 Å². The van der Waals surface area contributed by atoms with Crippen molar-refractivity contribution in [2.24, 2.45) is 0 Å². The monoisotopic (exact) mass is 393 g/mol. The molecule has 0 fully saturated rings. The van der Waals surface area contributed by atoms with Gasteiger partial charge in [-0.05, 0) is 48.9 Å². The Morgan fingerprint density at radius 2 is 1.52 bits per heavy atom. The lowest BCUT2D eigenvalue weighted by Gasteiger charge is -2.12. The number of nitrogens with one attached hydrogen (secondary N) is 2. The Balaban J connectivity index is 1.72. The molecule has 150 valence electrons. The molecule has 0 atom stereocenters. The highest BCUT2D eigenvalue weighted by molar-refractivity contribution is 6.03. The molecule has 3 rings (SSSR count). The van der Waals surface area contributed by atoms with E-state index >= 15 is 0 Å². The first-order chi connectivity index (χ1) is 14.0. The average Bonchev–Trinajstić information content (AvgIpc) is 2.74. The van der Waals surface area contributed by atoms with E-state index in [4.69, 9.17) is 14.2 Å². The number of amides is 1. The predicted molar refractivity (Wildman–Crippen MR) is 113 cm³/mol. The van der Waals surface area contributed by atoms with Gasteiger partial charge in [-0.1, -0.05) is 6.07 Å². The van der Waals surface area contributed by atoms with Crippen LogP contribution in [-0.4, -0.2) is 32.2 Å². The molecule has 0 bridgehead atoms. The first kappa shape index (κ1) is 20.0. The maximum atomic E-state index is 12.5. The standard InChI is InChI=1S/C22H23N3O4/c1-14-5-9-19(27-2)18(11-14)25-22(26)17-8-6-16(13-23-17)24-15-7-10-20(28-3)21(12-15)29-4/h5-13,24H,1-4H3,(H,25,26). The summed E-state index contributed by atoms with van der Waals surface area (Å²) in [5.41, 5.74) is 3.47. The summed E-state index contributed by atoms with van der Waals surface area (Å²) in [6, 6.07) is 14.5. The van der Waals surface area contributed by atoms with Gasteiger partial charge in [0.1, 0.15) is 11.4 Å². The minimum Gasteiger partial charge on any atom is -0.495 e. The van der Waals surface area contributed by atoms with Crippen LogP contribution in [0.1, 0.15) is 16.1 Å². The molecule has 0 unspecified atom stereocenters. The molecular formula is C22H23N3O4. The van der Waals surface area contributed by atoms with Crippen LogP contribution in [0.5, 0.6) is 17.2 Å². The minimum atomic E-state index is -0.313. The molecule has 0 aliphatic rings. The van der Waals surface area contributed by atoms with Crippen LogP contribution in [0.2, 0.25) is 0 Å². The molecular weight excluding hydrogens is 370 g/mol. The fraction of sp³-hybridized carbons (Fsp3) is 0.182. The molecule has 0 saturated carbocycles. The number of aromatic nitrogens is 1. The van der Waals surface area contributed by atoms with Gasteiger partial charge in [-0.2, -0.15) is 0 Å². The summed E-state index contributed by atoms with van der Waals surface area (Å²) in [6.45, 7) is 1.95. The maximum Gasteiger partial charge on any atom is 0.274 e.